The molecule has 0 fully saturated rings. The van der Waals surface area contributed by atoms with Crippen molar-refractivity contribution < 1.29 is 19.4 Å². The minimum atomic E-state index is -0.276. The molecule has 3 N–H and O–H groups in total. The Morgan fingerprint density at radius 1 is 0.903 bits per heavy atom. The molecular weight excluding hydrogens is 396 g/mol. The molecule has 0 aliphatic heterocycles. The minimum absolute atomic E-state index is 0.0867. The Hall–Kier alpha value is -4.33. The molecule has 0 radical (unpaired) electrons. The van der Waals surface area contributed by atoms with E-state index in [1.807, 2.05) is 6.07 Å². The third-order valence-electron chi connectivity index (χ3n) is 4.65. The molecule has 0 aliphatic carbocycles. The second-order valence-corrected chi connectivity index (χ2v) is 6.65. The van der Waals surface area contributed by atoms with Crippen LogP contribution in [0.4, 0.5) is 17.2 Å². The first kappa shape index (κ1) is 20.0. The number of hydrogen-bond acceptors (Lipinski definition) is 7. The zero-order chi connectivity index (χ0) is 21.8. The third kappa shape index (κ3) is 4.32. The van der Waals surface area contributed by atoms with E-state index in [0.717, 1.165) is 11.1 Å². The molecule has 0 atom stereocenters. The fourth-order valence-corrected chi connectivity index (χ4v) is 3.11. The van der Waals surface area contributed by atoms with Gasteiger partial charge in [-0.3, -0.25) is 4.79 Å². The largest absolute Gasteiger partial charge is 0.508 e. The molecule has 0 saturated carbocycles. The van der Waals surface area contributed by atoms with Gasteiger partial charge < -0.3 is 25.2 Å². The molecule has 0 aliphatic rings. The van der Waals surface area contributed by atoms with E-state index >= 15 is 0 Å². The lowest BCUT2D eigenvalue weighted by Crippen LogP contribution is -2.11. The Bertz CT molecular complexity index is 1240. The van der Waals surface area contributed by atoms with Crippen molar-refractivity contribution in [2.45, 2.75) is 0 Å². The summed E-state index contributed by atoms with van der Waals surface area (Å²) in [4.78, 5) is 21.1. The molecule has 4 aromatic rings. The van der Waals surface area contributed by atoms with E-state index in [4.69, 9.17) is 9.47 Å². The minimum Gasteiger partial charge on any atom is -0.508 e. The number of amides is 1. The number of carbonyl (C=O) groups is 1. The van der Waals surface area contributed by atoms with Gasteiger partial charge in [-0.15, -0.1) is 0 Å². The normalized spacial score (nSPS) is 10.5. The number of anilines is 3. The monoisotopic (exact) mass is 416 g/mol. The summed E-state index contributed by atoms with van der Waals surface area (Å²) in [6, 6.07) is 17.0. The average molecular weight is 416 g/mol. The fourth-order valence-electron chi connectivity index (χ4n) is 3.11. The van der Waals surface area contributed by atoms with Gasteiger partial charge in [0.25, 0.3) is 5.91 Å². The highest BCUT2D eigenvalue weighted by Gasteiger charge is 2.12. The summed E-state index contributed by atoms with van der Waals surface area (Å²) in [5.74, 6) is 1.57. The summed E-state index contributed by atoms with van der Waals surface area (Å²) >= 11 is 0. The van der Waals surface area contributed by atoms with Gasteiger partial charge in [0.1, 0.15) is 17.9 Å². The molecule has 3 aromatic carbocycles. The molecule has 0 bridgehead atoms. The summed E-state index contributed by atoms with van der Waals surface area (Å²) in [5.41, 5.74) is 2.46. The number of methoxy groups -OCH3 is 2. The number of rotatable bonds is 6. The van der Waals surface area contributed by atoms with Gasteiger partial charge in [-0.1, -0.05) is 6.07 Å². The van der Waals surface area contributed by atoms with E-state index in [1.165, 1.54) is 12.4 Å². The predicted octanol–water partition coefficient (Wildman–Crippen LogP) is 4.35. The highest BCUT2D eigenvalue weighted by atomic mass is 16.5. The summed E-state index contributed by atoms with van der Waals surface area (Å²) in [6.07, 6.45) is 1.47. The van der Waals surface area contributed by atoms with Crippen molar-refractivity contribution in [1.29, 1.82) is 0 Å². The van der Waals surface area contributed by atoms with Gasteiger partial charge in [0.05, 0.1) is 19.7 Å². The molecule has 4 rings (SSSR count). The Morgan fingerprint density at radius 2 is 1.65 bits per heavy atom. The fraction of sp³-hybridized carbons (Fsp3) is 0.0870. The number of aromatic nitrogens is 2. The Kier molecular flexibility index (Phi) is 5.53. The maximum absolute atomic E-state index is 12.4. The molecule has 1 heterocycles. The molecular formula is C23H20N4O4. The quantitative estimate of drug-likeness (QED) is 0.429. The van der Waals surface area contributed by atoms with Gasteiger partial charge in [0.15, 0.2) is 11.5 Å². The smallest absolute Gasteiger partial charge is 0.255 e. The van der Waals surface area contributed by atoms with Crippen LogP contribution in [0.25, 0.3) is 10.9 Å². The molecule has 31 heavy (non-hydrogen) atoms. The van der Waals surface area contributed by atoms with Crippen LogP contribution in [0.3, 0.4) is 0 Å². The van der Waals surface area contributed by atoms with Gasteiger partial charge >= 0.3 is 0 Å². The van der Waals surface area contributed by atoms with Crippen molar-refractivity contribution in [3.63, 3.8) is 0 Å². The van der Waals surface area contributed by atoms with Crippen LogP contribution in [-0.2, 0) is 0 Å². The van der Waals surface area contributed by atoms with Gasteiger partial charge in [-0.2, -0.15) is 0 Å². The maximum Gasteiger partial charge on any atom is 0.255 e. The van der Waals surface area contributed by atoms with Crippen LogP contribution < -0.4 is 20.1 Å². The highest BCUT2D eigenvalue weighted by Crippen LogP contribution is 2.34. The van der Waals surface area contributed by atoms with E-state index in [2.05, 4.69) is 20.6 Å². The summed E-state index contributed by atoms with van der Waals surface area (Å²) in [6.45, 7) is 0. The Balaban J connectivity index is 1.55. The lowest BCUT2D eigenvalue weighted by Gasteiger charge is -2.12. The van der Waals surface area contributed by atoms with Gasteiger partial charge in [0, 0.05) is 34.5 Å². The van der Waals surface area contributed by atoms with E-state index in [1.54, 1.807) is 62.8 Å². The van der Waals surface area contributed by atoms with Crippen molar-refractivity contribution in [2.24, 2.45) is 0 Å². The van der Waals surface area contributed by atoms with E-state index < -0.39 is 0 Å². The maximum atomic E-state index is 12.4. The van der Waals surface area contributed by atoms with Crippen LogP contribution in [0.1, 0.15) is 10.4 Å². The first-order valence-corrected chi connectivity index (χ1v) is 9.41. The number of carbonyl (C=O) groups excluding carboxylic acids is 1. The second kappa shape index (κ2) is 8.58. The number of nitrogens with one attached hydrogen (secondary N) is 2. The van der Waals surface area contributed by atoms with Gasteiger partial charge in [0.2, 0.25) is 0 Å². The van der Waals surface area contributed by atoms with Crippen molar-refractivity contribution in [3.05, 3.63) is 72.6 Å². The SMILES string of the molecule is COc1cc2ncnc(Nc3ccc(C(=O)Nc4cccc(O)c4)cc3)c2cc1OC. The predicted molar refractivity (Wildman–Crippen MR) is 118 cm³/mol. The van der Waals surface area contributed by atoms with Crippen LogP contribution in [0, 0.1) is 0 Å². The van der Waals surface area contributed by atoms with E-state index in [9.17, 15) is 9.90 Å². The standard InChI is InChI=1S/C23H20N4O4/c1-30-20-11-18-19(12-21(20)31-2)24-13-25-22(18)26-15-8-6-14(7-9-15)23(29)27-16-4-3-5-17(28)10-16/h3-13,28H,1-2H3,(H,27,29)(H,24,25,26). The summed E-state index contributed by atoms with van der Waals surface area (Å²) in [5, 5.41) is 16.3. The zero-order valence-corrected chi connectivity index (χ0v) is 16.9. The number of phenols is 1. The van der Waals surface area contributed by atoms with Gasteiger partial charge in [-0.25, -0.2) is 9.97 Å². The number of ether oxygens (including phenoxy) is 2. The number of nitrogens with zero attached hydrogens (tertiary/aromatic N) is 2. The van der Waals surface area contributed by atoms with Crippen molar-refractivity contribution in [3.8, 4) is 17.2 Å². The molecule has 8 heteroatoms. The van der Waals surface area contributed by atoms with Crippen molar-refractivity contribution in [2.75, 3.05) is 24.9 Å². The molecule has 0 unspecified atom stereocenters. The zero-order valence-electron chi connectivity index (χ0n) is 16.9. The lowest BCUT2D eigenvalue weighted by molar-refractivity contribution is 0.102. The van der Waals surface area contributed by atoms with Crippen LogP contribution in [-0.4, -0.2) is 35.2 Å². The first-order valence-electron chi connectivity index (χ1n) is 9.41. The molecule has 156 valence electrons. The van der Waals surface area contributed by atoms with Crippen LogP contribution in [0.15, 0.2) is 67.0 Å². The number of phenolic OH excluding ortho intramolecular Hbond substituents is 1. The van der Waals surface area contributed by atoms with Gasteiger partial charge in [-0.05, 0) is 42.5 Å². The Morgan fingerprint density at radius 3 is 2.35 bits per heavy atom. The van der Waals surface area contributed by atoms with E-state index in [-0.39, 0.29) is 11.7 Å². The third-order valence-corrected chi connectivity index (χ3v) is 4.65. The van der Waals surface area contributed by atoms with Crippen molar-refractivity contribution in [1.82, 2.24) is 9.97 Å². The lowest BCUT2D eigenvalue weighted by atomic mass is 10.1. The second-order valence-electron chi connectivity index (χ2n) is 6.65. The number of aromatic hydroxyl groups is 1. The van der Waals surface area contributed by atoms with Crippen molar-refractivity contribution >= 4 is 34.0 Å². The Labute approximate surface area is 178 Å². The topological polar surface area (TPSA) is 106 Å². The van der Waals surface area contributed by atoms with Crippen LogP contribution in [0.2, 0.25) is 0 Å². The first-order chi connectivity index (χ1) is 15.1. The van der Waals surface area contributed by atoms with Crippen LogP contribution >= 0.6 is 0 Å². The highest BCUT2D eigenvalue weighted by molar-refractivity contribution is 6.04. The molecule has 1 aromatic heterocycles. The molecule has 0 saturated heterocycles. The molecule has 8 nitrogen and oxygen atoms in total. The van der Waals surface area contributed by atoms with E-state index in [0.29, 0.717) is 34.1 Å². The average Bonchev–Trinajstić information content (AvgIpc) is 2.79. The number of benzene rings is 3. The summed E-state index contributed by atoms with van der Waals surface area (Å²) < 4.78 is 10.7. The molecule has 0 spiro atoms. The number of fused-ring (bicyclic) bond motifs is 1. The summed E-state index contributed by atoms with van der Waals surface area (Å²) in [7, 11) is 3.14. The molecule has 1 amide bonds. The van der Waals surface area contributed by atoms with Crippen LogP contribution in [0.5, 0.6) is 17.2 Å². The number of hydrogen-bond donors (Lipinski definition) is 3.